The monoisotopic (exact) mass is 250 g/mol. The third kappa shape index (κ3) is 1.90. The molecular formula is C18H18O. The highest BCUT2D eigenvalue weighted by Gasteiger charge is 2.56. The minimum atomic E-state index is -0.0802. The van der Waals surface area contributed by atoms with Crippen molar-refractivity contribution < 1.29 is 4.79 Å². The zero-order valence-corrected chi connectivity index (χ0v) is 11.4. The quantitative estimate of drug-likeness (QED) is 0.757. The summed E-state index contributed by atoms with van der Waals surface area (Å²) in [6.07, 6.45) is 2.04. The first-order valence-electron chi connectivity index (χ1n) is 6.76. The highest BCUT2D eigenvalue weighted by Crippen LogP contribution is 2.57. The van der Waals surface area contributed by atoms with Crippen LogP contribution in [0.25, 0.3) is 0 Å². The first-order valence-corrected chi connectivity index (χ1v) is 6.76. The molecule has 0 saturated heterocycles. The lowest BCUT2D eigenvalue weighted by molar-refractivity contribution is -0.109. The van der Waals surface area contributed by atoms with Crippen molar-refractivity contribution in [1.29, 1.82) is 0 Å². The molecule has 2 aromatic rings. The maximum Gasteiger partial charge on any atom is 0.124 e. The Morgan fingerprint density at radius 1 is 0.895 bits per heavy atom. The van der Waals surface area contributed by atoms with Gasteiger partial charge in [0.15, 0.2) is 0 Å². The number of carbonyl (C=O) groups excluding carboxylic acids is 1. The predicted octanol–water partition coefficient (Wildman–Crippen LogP) is 3.81. The van der Waals surface area contributed by atoms with Crippen molar-refractivity contribution >= 4 is 6.29 Å². The van der Waals surface area contributed by atoms with Crippen LogP contribution >= 0.6 is 0 Å². The Morgan fingerprint density at radius 3 is 1.63 bits per heavy atom. The number of aldehydes is 1. The summed E-state index contributed by atoms with van der Waals surface area (Å²) in [5.74, 6) is 0.123. The molecule has 1 nitrogen and oxygen atoms in total. The van der Waals surface area contributed by atoms with Crippen molar-refractivity contribution in [1.82, 2.24) is 0 Å². The molecule has 1 unspecified atom stereocenters. The van der Waals surface area contributed by atoms with Gasteiger partial charge < -0.3 is 4.79 Å². The Bertz CT molecular complexity index is 547. The average Bonchev–Trinajstić information content (AvgIpc) is 3.16. The summed E-state index contributed by atoms with van der Waals surface area (Å²) in [5, 5.41) is 0. The van der Waals surface area contributed by atoms with Gasteiger partial charge in [0.25, 0.3) is 0 Å². The van der Waals surface area contributed by atoms with Gasteiger partial charge in [-0.15, -0.1) is 0 Å². The normalized spacial score (nSPS) is 20.0. The first kappa shape index (κ1) is 12.2. The summed E-state index contributed by atoms with van der Waals surface area (Å²) < 4.78 is 0. The lowest BCUT2D eigenvalue weighted by atomic mass is 9.85. The van der Waals surface area contributed by atoms with Crippen LogP contribution in [0.5, 0.6) is 0 Å². The van der Waals surface area contributed by atoms with E-state index in [1.807, 2.05) is 0 Å². The molecule has 3 rings (SSSR count). The van der Waals surface area contributed by atoms with Gasteiger partial charge in [0, 0.05) is 11.3 Å². The molecule has 0 heterocycles. The number of aryl methyl sites for hydroxylation is 2. The van der Waals surface area contributed by atoms with Gasteiger partial charge in [-0.25, -0.2) is 0 Å². The Morgan fingerprint density at radius 2 is 1.32 bits per heavy atom. The molecule has 0 radical (unpaired) electrons. The molecule has 1 fully saturated rings. The van der Waals surface area contributed by atoms with Crippen LogP contribution in [-0.2, 0) is 10.2 Å². The van der Waals surface area contributed by atoms with Gasteiger partial charge in [-0.2, -0.15) is 0 Å². The molecule has 0 spiro atoms. The van der Waals surface area contributed by atoms with Crippen molar-refractivity contribution in [3.05, 3.63) is 70.8 Å². The first-order chi connectivity index (χ1) is 9.16. The highest BCUT2D eigenvalue weighted by molar-refractivity contribution is 5.68. The molecule has 19 heavy (non-hydrogen) atoms. The largest absolute Gasteiger partial charge is 0.303 e. The minimum absolute atomic E-state index is 0.0802. The summed E-state index contributed by atoms with van der Waals surface area (Å²) in [6, 6.07) is 17.2. The van der Waals surface area contributed by atoms with Gasteiger partial charge in [0.05, 0.1) is 0 Å². The Kier molecular flexibility index (Phi) is 2.78. The van der Waals surface area contributed by atoms with Crippen LogP contribution in [-0.4, -0.2) is 6.29 Å². The smallest absolute Gasteiger partial charge is 0.124 e. The molecule has 0 N–H and O–H groups in total. The van der Waals surface area contributed by atoms with E-state index < -0.39 is 0 Å². The third-order valence-corrected chi connectivity index (χ3v) is 4.31. The lowest BCUT2D eigenvalue weighted by Gasteiger charge is -2.18. The summed E-state index contributed by atoms with van der Waals surface area (Å²) >= 11 is 0. The maximum absolute atomic E-state index is 11.3. The summed E-state index contributed by atoms with van der Waals surface area (Å²) in [6.45, 7) is 4.18. The molecule has 1 atom stereocenters. The van der Waals surface area contributed by atoms with E-state index in [1.165, 1.54) is 22.3 Å². The lowest BCUT2D eigenvalue weighted by Crippen LogP contribution is -2.13. The van der Waals surface area contributed by atoms with Gasteiger partial charge in [0.2, 0.25) is 0 Å². The second-order valence-corrected chi connectivity index (χ2v) is 5.65. The number of rotatable bonds is 3. The maximum atomic E-state index is 11.3. The summed E-state index contributed by atoms with van der Waals surface area (Å²) in [7, 11) is 0. The van der Waals surface area contributed by atoms with E-state index in [0.29, 0.717) is 0 Å². The number of benzene rings is 2. The fourth-order valence-electron chi connectivity index (χ4n) is 2.98. The standard InChI is InChI=1S/C18H18O/c1-13-3-7-15(8-4-13)18(11-17(18)12-19)16-9-5-14(2)6-10-16/h3-10,12,17H,11H2,1-2H3. The predicted molar refractivity (Wildman–Crippen MR) is 77.3 cm³/mol. The van der Waals surface area contributed by atoms with Crippen molar-refractivity contribution in [3.8, 4) is 0 Å². The van der Waals surface area contributed by atoms with Gasteiger partial charge in [0.1, 0.15) is 6.29 Å². The fourth-order valence-corrected chi connectivity index (χ4v) is 2.98. The van der Waals surface area contributed by atoms with E-state index in [2.05, 4.69) is 62.4 Å². The molecule has 0 aromatic heterocycles. The van der Waals surface area contributed by atoms with Gasteiger partial charge >= 0.3 is 0 Å². The van der Waals surface area contributed by atoms with Crippen LogP contribution in [0, 0.1) is 19.8 Å². The van der Waals surface area contributed by atoms with Crippen molar-refractivity contribution in [2.45, 2.75) is 25.7 Å². The minimum Gasteiger partial charge on any atom is -0.303 e. The van der Waals surface area contributed by atoms with Crippen LogP contribution in [0.2, 0.25) is 0 Å². The molecule has 96 valence electrons. The molecule has 0 bridgehead atoms. The summed E-state index contributed by atoms with van der Waals surface area (Å²) in [4.78, 5) is 11.3. The van der Waals surface area contributed by atoms with Crippen LogP contribution in [0.1, 0.15) is 28.7 Å². The van der Waals surface area contributed by atoms with E-state index in [9.17, 15) is 4.79 Å². The van der Waals surface area contributed by atoms with Gasteiger partial charge in [-0.1, -0.05) is 59.7 Å². The van der Waals surface area contributed by atoms with E-state index in [-0.39, 0.29) is 11.3 Å². The molecule has 0 amide bonds. The zero-order chi connectivity index (χ0) is 13.5. The van der Waals surface area contributed by atoms with Crippen LogP contribution in [0.3, 0.4) is 0 Å². The number of carbonyl (C=O) groups is 1. The van der Waals surface area contributed by atoms with Crippen molar-refractivity contribution in [2.24, 2.45) is 5.92 Å². The second kappa shape index (κ2) is 4.34. The molecular weight excluding hydrogens is 232 g/mol. The van der Waals surface area contributed by atoms with E-state index in [4.69, 9.17) is 0 Å². The topological polar surface area (TPSA) is 17.1 Å². The third-order valence-electron chi connectivity index (χ3n) is 4.31. The van der Waals surface area contributed by atoms with Gasteiger partial charge in [-0.3, -0.25) is 0 Å². The molecule has 2 aromatic carbocycles. The van der Waals surface area contributed by atoms with Crippen LogP contribution < -0.4 is 0 Å². The van der Waals surface area contributed by atoms with Crippen LogP contribution in [0.4, 0.5) is 0 Å². The highest BCUT2D eigenvalue weighted by atomic mass is 16.1. The van der Waals surface area contributed by atoms with Crippen LogP contribution in [0.15, 0.2) is 48.5 Å². The molecule has 1 heteroatoms. The van der Waals surface area contributed by atoms with Gasteiger partial charge in [-0.05, 0) is 31.4 Å². The van der Waals surface area contributed by atoms with Crippen molar-refractivity contribution in [3.63, 3.8) is 0 Å². The molecule has 1 aliphatic carbocycles. The SMILES string of the molecule is Cc1ccc(C2(c3ccc(C)cc3)CC2C=O)cc1. The summed E-state index contributed by atoms with van der Waals surface area (Å²) in [5.41, 5.74) is 4.96. The number of hydrogen-bond acceptors (Lipinski definition) is 1. The Labute approximate surface area is 114 Å². The molecule has 0 aliphatic heterocycles. The molecule has 1 aliphatic rings. The molecule has 1 saturated carbocycles. The van der Waals surface area contributed by atoms with E-state index >= 15 is 0 Å². The fraction of sp³-hybridized carbons (Fsp3) is 0.278. The average molecular weight is 250 g/mol. The second-order valence-electron chi connectivity index (χ2n) is 5.65. The van der Waals surface area contributed by atoms with E-state index in [1.54, 1.807) is 0 Å². The Hall–Kier alpha value is -1.89. The number of hydrogen-bond donors (Lipinski definition) is 0. The van der Waals surface area contributed by atoms with E-state index in [0.717, 1.165) is 12.7 Å². The van der Waals surface area contributed by atoms with Crippen molar-refractivity contribution in [2.75, 3.05) is 0 Å². The Balaban J connectivity index is 2.08. The zero-order valence-electron chi connectivity index (χ0n) is 11.4.